The third kappa shape index (κ3) is 2.32. The van der Waals surface area contributed by atoms with Crippen molar-refractivity contribution >= 4 is 22.7 Å². The van der Waals surface area contributed by atoms with Gasteiger partial charge < -0.3 is 5.11 Å². The first-order chi connectivity index (χ1) is 8.23. The summed E-state index contributed by atoms with van der Waals surface area (Å²) in [6, 6.07) is 3.45. The van der Waals surface area contributed by atoms with E-state index < -0.39 is 17.3 Å². The van der Waals surface area contributed by atoms with E-state index in [2.05, 4.69) is 0 Å². The Hall–Kier alpha value is -0.850. The highest BCUT2D eigenvalue weighted by Gasteiger charge is 2.40. The third-order valence-corrected chi connectivity index (χ3v) is 4.67. The third-order valence-electron chi connectivity index (χ3n) is 2.71. The monoisotopic (exact) mass is 292 g/mol. The molecule has 98 valence electrons. The van der Waals surface area contributed by atoms with Crippen LogP contribution >= 0.6 is 22.7 Å². The van der Waals surface area contributed by atoms with E-state index in [0.717, 1.165) is 21.6 Å². The molecule has 18 heavy (non-hydrogen) atoms. The molecule has 0 saturated heterocycles. The fraction of sp³-hybridized carbons (Fsp3) is 0.333. The number of hydrogen-bond donors (Lipinski definition) is 1. The van der Waals surface area contributed by atoms with Crippen molar-refractivity contribution in [3.05, 3.63) is 43.8 Å². The lowest BCUT2D eigenvalue weighted by Crippen LogP contribution is -2.24. The van der Waals surface area contributed by atoms with Gasteiger partial charge in [0.25, 0.3) is 0 Å². The number of thiophene rings is 2. The van der Waals surface area contributed by atoms with Gasteiger partial charge in [-0.1, -0.05) is 0 Å². The fourth-order valence-corrected chi connectivity index (χ4v) is 3.61. The van der Waals surface area contributed by atoms with E-state index in [4.69, 9.17) is 0 Å². The van der Waals surface area contributed by atoms with Crippen LogP contribution in [0.2, 0.25) is 0 Å². The van der Waals surface area contributed by atoms with Crippen LogP contribution in [0.25, 0.3) is 0 Å². The van der Waals surface area contributed by atoms with Crippen LogP contribution in [0.1, 0.15) is 27.8 Å². The van der Waals surface area contributed by atoms with Gasteiger partial charge in [0.15, 0.2) is 0 Å². The molecule has 2 aromatic heterocycles. The van der Waals surface area contributed by atoms with Crippen molar-refractivity contribution < 1.29 is 18.3 Å². The van der Waals surface area contributed by atoms with Gasteiger partial charge in [-0.2, -0.15) is 24.5 Å². The Morgan fingerprint density at radius 1 is 1.11 bits per heavy atom. The molecular formula is C12H11F3OS2. The van der Waals surface area contributed by atoms with Gasteiger partial charge in [0.2, 0.25) is 0 Å². The van der Waals surface area contributed by atoms with Crippen molar-refractivity contribution in [3.8, 4) is 0 Å². The molecule has 0 aliphatic rings. The topological polar surface area (TPSA) is 20.2 Å². The zero-order valence-corrected chi connectivity index (χ0v) is 11.3. The van der Waals surface area contributed by atoms with Crippen molar-refractivity contribution in [2.45, 2.75) is 25.6 Å². The summed E-state index contributed by atoms with van der Waals surface area (Å²) in [5.41, 5.74) is -2.45. The minimum absolute atomic E-state index is 0.0816. The van der Waals surface area contributed by atoms with Crippen LogP contribution in [0.4, 0.5) is 13.2 Å². The van der Waals surface area contributed by atoms with Gasteiger partial charge in [0.1, 0.15) is 5.60 Å². The Morgan fingerprint density at radius 2 is 1.72 bits per heavy atom. The quantitative estimate of drug-likeness (QED) is 0.870. The highest BCUT2D eigenvalue weighted by atomic mass is 32.1. The molecule has 1 N–H and O–H groups in total. The van der Waals surface area contributed by atoms with E-state index in [1.807, 2.05) is 6.92 Å². The van der Waals surface area contributed by atoms with Crippen LogP contribution in [0.5, 0.6) is 0 Å². The zero-order valence-electron chi connectivity index (χ0n) is 9.71. The van der Waals surface area contributed by atoms with E-state index >= 15 is 0 Å². The number of rotatable bonds is 2. The van der Waals surface area contributed by atoms with Crippen molar-refractivity contribution in [1.82, 2.24) is 0 Å². The number of hydrogen-bond acceptors (Lipinski definition) is 3. The summed E-state index contributed by atoms with van der Waals surface area (Å²) in [5.74, 6) is 0. The van der Waals surface area contributed by atoms with Crippen molar-refractivity contribution in [2.75, 3.05) is 0 Å². The molecule has 0 saturated carbocycles. The van der Waals surface area contributed by atoms with Crippen molar-refractivity contribution in [1.29, 1.82) is 0 Å². The maximum absolute atomic E-state index is 12.8. The smallest absolute Gasteiger partial charge is 0.380 e. The van der Waals surface area contributed by atoms with Gasteiger partial charge in [0, 0.05) is 20.7 Å². The minimum Gasteiger partial charge on any atom is -0.380 e. The molecule has 0 aliphatic heterocycles. The number of alkyl halides is 3. The standard InChI is InChI=1S/C12H11F3OS2/c1-7-3-4-10(18-7)11(2,16)8-5-17-6-9(8)12(13,14)15/h3-6,16H,1-2H3. The summed E-state index contributed by atoms with van der Waals surface area (Å²) in [5, 5.41) is 12.8. The van der Waals surface area contributed by atoms with E-state index in [1.54, 1.807) is 12.1 Å². The first-order valence-electron chi connectivity index (χ1n) is 5.16. The molecule has 0 radical (unpaired) electrons. The predicted molar refractivity (Wildman–Crippen MR) is 67.0 cm³/mol. The van der Waals surface area contributed by atoms with Crippen LogP contribution in [0.15, 0.2) is 22.9 Å². The maximum atomic E-state index is 12.8. The molecule has 2 heterocycles. The van der Waals surface area contributed by atoms with Crippen molar-refractivity contribution in [3.63, 3.8) is 0 Å². The molecule has 1 atom stereocenters. The lowest BCUT2D eigenvalue weighted by molar-refractivity contribution is -0.139. The first-order valence-corrected chi connectivity index (χ1v) is 6.92. The Labute approximate surface area is 111 Å². The summed E-state index contributed by atoms with van der Waals surface area (Å²) in [4.78, 5) is 1.47. The molecule has 6 heteroatoms. The second-order valence-electron chi connectivity index (χ2n) is 4.18. The van der Waals surface area contributed by atoms with E-state index in [9.17, 15) is 18.3 Å². The van der Waals surface area contributed by atoms with Crippen LogP contribution in [-0.4, -0.2) is 5.11 Å². The Balaban J connectivity index is 2.51. The van der Waals surface area contributed by atoms with E-state index in [1.165, 1.54) is 23.6 Å². The lowest BCUT2D eigenvalue weighted by Gasteiger charge is -2.23. The fourth-order valence-electron chi connectivity index (χ4n) is 1.72. The molecule has 2 aromatic rings. The van der Waals surface area contributed by atoms with Gasteiger partial charge in [0.05, 0.1) is 5.56 Å². The van der Waals surface area contributed by atoms with Crippen LogP contribution < -0.4 is 0 Å². The molecule has 0 aliphatic carbocycles. The van der Waals surface area contributed by atoms with E-state index in [-0.39, 0.29) is 5.56 Å². The SMILES string of the molecule is Cc1ccc(C(C)(O)c2cscc2C(F)(F)F)s1. The summed E-state index contributed by atoms with van der Waals surface area (Å²) in [7, 11) is 0. The normalized spacial score (nSPS) is 15.7. The van der Waals surface area contributed by atoms with Gasteiger partial charge in [-0.15, -0.1) is 11.3 Å². The largest absolute Gasteiger partial charge is 0.417 e. The molecule has 1 unspecified atom stereocenters. The Kier molecular flexibility index (Phi) is 3.29. The Bertz CT molecular complexity index is 552. The first kappa shape index (κ1) is 13.6. The highest BCUT2D eigenvalue weighted by molar-refractivity contribution is 7.12. The summed E-state index contributed by atoms with van der Waals surface area (Å²) >= 11 is 2.25. The van der Waals surface area contributed by atoms with Crippen LogP contribution in [0.3, 0.4) is 0 Å². The summed E-state index contributed by atoms with van der Waals surface area (Å²) < 4.78 is 38.5. The summed E-state index contributed by atoms with van der Waals surface area (Å²) in [6.45, 7) is 3.25. The molecule has 0 amide bonds. The number of aryl methyl sites for hydroxylation is 1. The van der Waals surface area contributed by atoms with Crippen LogP contribution in [0, 0.1) is 6.92 Å². The maximum Gasteiger partial charge on any atom is 0.417 e. The predicted octanol–water partition coefficient (Wildman–Crippen LogP) is 4.39. The van der Waals surface area contributed by atoms with Gasteiger partial charge in [-0.25, -0.2) is 0 Å². The minimum atomic E-state index is -4.44. The highest BCUT2D eigenvalue weighted by Crippen LogP contribution is 2.42. The molecule has 0 fully saturated rings. The van der Waals surface area contributed by atoms with Gasteiger partial charge in [-0.05, 0) is 31.4 Å². The number of halogens is 3. The van der Waals surface area contributed by atoms with Gasteiger partial charge >= 0.3 is 6.18 Å². The molecule has 1 nitrogen and oxygen atoms in total. The molecule has 0 bridgehead atoms. The average Bonchev–Trinajstić information content (AvgIpc) is 2.83. The molecule has 0 aromatic carbocycles. The van der Waals surface area contributed by atoms with Gasteiger partial charge in [-0.3, -0.25) is 0 Å². The van der Waals surface area contributed by atoms with E-state index in [0.29, 0.717) is 4.88 Å². The molecular weight excluding hydrogens is 281 g/mol. The second-order valence-corrected chi connectivity index (χ2v) is 6.21. The molecule has 2 rings (SSSR count). The van der Waals surface area contributed by atoms with Crippen LogP contribution in [-0.2, 0) is 11.8 Å². The zero-order chi connectivity index (χ0) is 13.6. The molecule has 0 spiro atoms. The lowest BCUT2D eigenvalue weighted by atomic mass is 9.93. The Morgan fingerprint density at radius 3 is 2.22 bits per heavy atom. The van der Waals surface area contributed by atoms with Crippen molar-refractivity contribution in [2.24, 2.45) is 0 Å². The number of aliphatic hydroxyl groups is 1. The average molecular weight is 292 g/mol. The second kappa shape index (κ2) is 4.36. The summed E-state index contributed by atoms with van der Waals surface area (Å²) in [6.07, 6.45) is -4.44.